The Morgan fingerprint density at radius 3 is 2.27 bits per heavy atom. The van der Waals surface area contributed by atoms with Gasteiger partial charge in [0, 0.05) is 5.57 Å². The van der Waals surface area contributed by atoms with Gasteiger partial charge in [0.25, 0.3) is 0 Å². The molecule has 112 valence electrons. The van der Waals surface area contributed by atoms with Crippen molar-refractivity contribution >= 4 is 5.78 Å². The lowest BCUT2D eigenvalue weighted by Gasteiger charge is -2.28. The van der Waals surface area contributed by atoms with Crippen LogP contribution in [0.3, 0.4) is 0 Å². The Morgan fingerprint density at radius 2 is 1.64 bits per heavy atom. The summed E-state index contributed by atoms with van der Waals surface area (Å²) in [4.78, 5) is 12.4. The third kappa shape index (κ3) is 2.45. The molecule has 1 aliphatic rings. The van der Waals surface area contributed by atoms with Crippen molar-refractivity contribution in [3.63, 3.8) is 0 Å². The Morgan fingerprint density at radius 1 is 1.00 bits per heavy atom. The number of hydrogen-bond donors (Lipinski definition) is 0. The first-order chi connectivity index (χ1) is 10.4. The minimum Gasteiger partial charge on any atom is -0.480 e. The lowest BCUT2D eigenvalue weighted by atomic mass is 9.85. The number of para-hydroxylation sites is 1. The maximum absolute atomic E-state index is 12.4. The molecule has 0 spiro atoms. The zero-order valence-corrected chi connectivity index (χ0v) is 13.2. The van der Waals surface area contributed by atoms with E-state index in [4.69, 9.17) is 4.74 Å². The summed E-state index contributed by atoms with van der Waals surface area (Å²) in [5.74, 6) is 0.594. The smallest absolute Gasteiger partial charge is 0.196 e. The molecule has 0 bridgehead atoms. The van der Waals surface area contributed by atoms with Crippen LogP contribution in [0.1, 0.15) is 48.4 Å². The van der Waals surface area contributed by atoms with Gasteiger partial charge in [0.15, 0.2) is 11.9 Å². The summed E-state index contributed by atoms with van der Waals surface area (Å²) in [6.45, 7) is 10.5. The summed E-state index contributed by atoms with van der Waals surface area (Å²) in [6.07, 6.45) is -0.406. The molecule has 2 heteroatoms. The first-order valence-electron chi connectivity index (χ1n) is 7.47. The minimum absolute atomic E-state index is 0.0354. The summed E-state index contributed by atoms with van der Waals surface area (Å²) >= 11 is 0. The van der Waals surface area contributed by atoms with Gasteiger partial charge < -0.3 is 4.74 Å². The highest BCUT2D eigenvalue weighted by Gasteiger charge is 2.31. The van der Waals surface area contributed by atoms with E-state index in [-0.39, 0.29) is 11.2 Å². The van der Waals surface area contributed by atoms with E-state index in [1.807, 2.05) is 30.3 Å². The highest BCUT2D eigenvalue weighted by Crippen LogP contribution is 2.37. The van der Waals surface area contributed by atoms with Crippen LogP contribution in [0, 0.1) is 0 Å². The van der Waals surface area contributed by atoms with Crippen LogP contribution in [-0.2, 0) is 5.41 Å². The highest BCUT2D eigenvalue weighted by atomic mass is 16.5. The second-order valence-electron chi connectivity index (χ2n) is 6.72. The van der Waals surface area contributed by atoms with E-state index in [2.05, 4.69) is 39.5 Å². The van der Waals surface area contributed by atoms with Crippen molar-refractivity contribution in [2.24, 2.45) is 0 Å². The van der Waals surface area contributed by atoms with Crippen molar-refractivity contribution in [3.8, 4) is 5.75 Å². The van der Waals surface area contributed by atoms with E-state index in [1.54, 1.807) is 6.07 Å². The topological polar surface area (TPSA) is 26.3 Å². The summed E-state index contributed by atoms with van der Waals surface area (Å²) in [5, 5.41) is 0. The first kappa shape index (κ1) is 14.6. The largest absolute Gasteiger partial charge is 0.480 e. The van der Waals surface area contributed by atoms with E-state index in [0.29, 0.717) is 16.9 Å². The molecule has 0 fully saturated rings. The second kappa shape index (κ2) is 5.13. The Labute approximate surface area is 131 Å². The molecular formula is C20H20O2. The number of ether oxygens (including phenoxy) is 1. The number of Topliss-reactive ketones (excluding diaryl/α,β-unsaturated/α-hetero) is 1. The Balaban J connectivity index is 1.96. The van der Waals surface area contributed by atoms with Crippen LogP contribution in [-0.4, -0.2) is 5.78 Å². The summed E-state index contributed by atoms with van der Waals surface area (Å²) in [7, 11) is 0. The molecule has 0 saturated carbocycles. The molecule has 1 unspecified atom stereocenters. The van der Waals surface area contributed by atoms with Crippen molar-refractivity contribution in [2.45, 2.75) is 32.3 Å². The van der Waals surface area contributed by atoms with Gasteiger partial charge in [-0.1, -0.05) is 63.7 Å². The number of rotatable bonds is 1. The monoisotopic (exact) mass is 292 g/mol. The molecule has 1 atom stereocenters. The molecule has 2 aromatic carbocycles. The molecule has 22 heavy (non-hydrogen) atoms. The summed E-state index contributed by atoms with van der Waals surface area (Å²) in [5.41, 5.74) is 3.40. The third-order valence-corrected chi connectivity index (χ3v) is 4.06. The number of ketones is 1. The Hall–Kier alpha value is -2.35. The van der Waals surface area contributed by atoms with Crippen molar-refractivity contribution < 1.29 is 9.53 Å². The fourth-order valence-electron chi connectivity index (χ4n) is 2.67. The number of carbonyl (C=O) groups excluding carboxylic acids is 1. The Bertz CT molecular complexity index is 733. The summed E-state index contributed by atoms with van der Waals surface area (Å²) < 4.78 is 6.01. The maximum atomic E-state index is 12.4. The minimum atomic E-state index is -0.406. The average Bonchev–Trinajstić information content (AvgIpc) is 2.50. The first-order valence-corrected chi connectivity index (χ1v) is 7.47. The third-order valence-electron chi connectivity index (χ3n) is 4.06. The van der Waals surface area contributed by atoms with Crippen LogP contribution in [0.5, 0.6) is 5.75 Å². The second-order valence-corrected chi connectivity index (χ2v) is 6.72. The van der Waals surface area contributed by atoms with Gasteiger partial charge in [0.1, 0.15) is 5.75 Å². The molecule has 0 aromatic heterocycles. The fraction of sp³-hybridized carbons (Fsp3) is 0.250. The number of fused-ring (bicyclic) bond motifs is 1. The quantitative estimate of drug-likeness (QED) is 0.702. The molecule has 0 N–H and O–H groups in total. The van der Waals surface area contributed by atoms with Gasteiger partial charge in [-0.25, -0.2) is 0 Å². The van der Waals surface area contributed by atoms with E-state index < -0.39 is 6.10 Å². The molecule has 1 heterocycles. The molecular weight excluding hydrogens is 272 g/mol. The molecule has 1 aliphatic heterocycles. The van der Waals surface area contributed by atoms with Gasteiger partial charge in [-0.15, -0.1) is 0 Å². The predicted molar refractivity (Wildman–Crippen MR) is 88.4 cm³/mol. The molecule has 0 amide bonds. The van der Waals surface area contributed by atoms with Crippen LogP contribution in [0.2, 0.25) is 0 Å². The molecule has 0 radical (unpaired) electrons. The van der Waals surface area contributed by atoms with Crippen molar-refractivity contribution in [1.82, 2.24) is 0 Å². The average molecular weight is 292 g/mol. The zero-order chi connectivity index (χ0) is 15.9. The maximum Gasteiger partial charge on any atom is 0.196 e. The lowest BCUT2D eigenvalue weighted by Crippen LogP contribution is -2.23. The molecule has 0 saturated heterocycles. The predicted octanol–water partition coefficient (Wildman–Crippen LogP) is 4.86. The molecule has 0 aliphatic carbocycles. The van der Waals surface area contributed by atoms with Crippen molar-refractivity contribution in [2.75, 3.05) is 0 Å². The van der Waals surface area contributed by atoms with Crippen LogP contribution in [0.4, 0.5) is 0 Å². The normalized spacial score (nSPS) is 17.9. The number of hydrogen-bond acceptors (Lipinski definition) is 2. The van der Waals surface area contributed by atoms with Crippen LogP contribution >= 0.6 is 0 Å². The highest BCUT2D eigenvalue weighted by molar-refractivity contribution is 6.11. The van der Waals surface area contributed by atoms with E-state index in [9.17, 15) is 4.79 Å². The Kier molecular flexibility index (Phi) is 3.40. The van der Waals surface area contributed by atoms with Gasteiger partial charge in [-0.2, -0.15) is 0 Å². The van der Waals surface area contributed by atoms with E-state index in [1.165, 1.54) is 5.56 Å². The van der Waals surface area contributed by atoms with Gasteiger partial charge in [0.2, 0.25) is 0 Å². The molecule has 3 rings (SSSR count). The van der Waals surface area contributed by atoms with Crippen LogP contribution in [0.25, 0.3) is 0 Å². The van der Waals surface area contributed by atoms with Gasteiger partial charge in [-0.05, 0) is 28.7 Å². The van der Waals surface area contributed by atoms with Crippen molar-refractivity contribution in [3.05, 3.63) is 77.4 Å². The SMILES string of the molecule is C=C1C(=O)c2ccccc2OC1c1ccc(C(C)(C)C)cc1. The number of benzene rings is 2. The molecule has 2 aromatic rings. The van der Waals surface area contributed by atoms with Gasteiger partial charge in [-0.3, -0.25) is 4.79 Å². The summed E-state index contributed by atoms with van der Waals surface area (Å²) in [6, 6.07) is 15.6. The van der Waals surface area contributed by atoms with Gasteiger partial charge >= 0.3 is 0 Å². The number of carbonyl (C=O) groups is 1. The van der Waals surface area contributed by atoms with E-state index in [0.717, 1.165) is 5.56 Å². The van der Waals surface area contributed by atoms with Crippen LogP contribution < -0.4 is 4.74 Å². The molecule has 2 nitrogen and oxygen atoms in total. The van der Waals surface area contributed by atoms with Gasteiger partial charge in [0.05, 0.1) is 5.56 Å². The van der Waals surface area contributed by atoms with Crippen LogP contribution in [0.15, 0.2) is 60.7 Å². The van der Waals surface area contributed by atoms with Crippen molar-refractivity contribution in [1.29, 1.82) is 0 Å². The lowest BCUT2D eigenvalue weighted by molar-refractivity contribution is 0.0962. The fourth-order valence-corrected chi connectivity index (χ4v) is 2.67. The van der Waals surface area contributed by atoms with E-state index >= 15 is 0 Å². The zero-order valence-electron chi connectivity index (χ0n) is 13.2. The standard InChI is InChI=1S/C20H20O2/c1-13-18(21)16-7-5-6-8-17(16)22-19(13)14-9-11-15(12-10-14)20(2,3)4/h5-12,19H,1H2,2-4H3.